The van der Waals surface area contributed by atoms with E-state index in [0.717, 1.165) is 11.3 Å². The van der Waals surface area contributed by atoms with Crippen molar-refractivity contribution in [2.75, 3.05) is 0 Å². The van der Waals surface area contributed by atoms with Gasteiger partial charge in [0, 0.05) is 14.7 Å². The summed E-state index contributed by atoms with van der Waals surface area (Å²) >= 11 is 5.77. The Morgan fingerprint density at radius 1 is 1.29 bits per heavy atom. The second-order valence-electron chi connectivity index (χ2n) is 3.84. The van der Waals surface area contributed by atoms with Gasteiger partial charge in [0.2, 0.25) is 0 Å². The molecule has 0 aliphatic carbocycles. The first-order valence-electron chi connectivity index (χ1n) is 4.65. The van der Waals surface area contributed by atoms with Gasteiger partial charge in [0.25, 0.3) is 0 Å². The SMILES string of the molecule is CCC(C)(C)S(=O)c1ccc(Cl)cc1. The first kappa shape index (κ1) is 11.7. The van der Waals surface area contributed by atoms with E-state index < -0.39 is 10.8 Å². The van der Waals surface area contributed by atoms with Gasteiger partial charge >= 0.3 is 0 Å². The molecule has 1 atom stereocenters. The molecule has 0 saturated carbocycles. The third kappa shape index (κ3) is 2.58. The van der Waals surface area contributed by atoms with Gasteiger partial charge in [-0.1, -0.05) is 18.5 Å². The number of halogens is 1. The Hall–Kier alpha value is -0.340. The highest BCUT2D eigenvalue weighted by Crippen LogP contribution is 2.24. The molecule has 1 nitrogen and oxygen atoms in total. The average molecular weight is 231 g/mol. The molecule has 0 aromatic heterocycles. The first-order valence-corrected chi connectivity index (χ1v) is 6.17. The Morgan fingerprint density at radius 3 is 2.21 bits per heavy atom. The fourth-order valence-corrected chi connectivity index (χ4v) is 2.42. The smallest absolute Gasteiger partial charge is 0.0586 e. The summed E-state index contributed by atoms with van der Waals surface area (Å²) in [5.41, 5.74) is 0. The second-order valence-corrected chi connectivity index (χ2v) is 6.39. The largest absolute Gasteiger partial charge is 0.254 e. The molecule has 0 heterocycles. The minimum absolute atomic E-state index is 0.173. The maximum atomic E-state index is 12.1. The van der Waals surface area contributed by atoms with Crippen LogP contribution in [0.25, 0.3) is 0 Å². The molecule has 0 radical (unpaired) electrons. The molecule has 1 aromatic rings. The van der Waals surface area contributed by atoms with Crippen LogP contribution in [0.1, 0.15) is 27.2 Å². The van der Waals surface area contributed by atoms with Crippen LogP contribution in [0.2, 0.25) is 5.02 Å². The van der Waals surface area contributed by atoms with Crippen molar-refractivity contribution in [3.63, 3.8) is 0 Å². The van der Waals surface area contributed by atoms with E-state index in [0.29, 0.717) is 5.02 Å². The van der Waals surface area contributed by atoms with E-state index in [4.69, 9.17) is 11.6 Å². The minimum atomic E-state index is -0.961. The van der Waals surface area contributed by atoms with Crippen LogP contribution >= 0.6 is 11.6 Å². The van der Waals surface area contributed by atoms with Gasteiger partial charge in [-0.15, -0.1) is 0 Å². The summed E-state index contributed by atoms with van der Waals surface area (Å²) in [7, 11) is -0.961. The fraction of sp³-hybridized carbons (Fsp3) is 0.455. The van der Waals surface area contributed by atoms with Crippen LogP contribution in [0.15, 0.2) is 29.2 Å². The van der Waals surface area contributed by atoms with Crippen LogP contribution < -0.4 is 0 Å². The van der Waals surface area contributed by atoms with Gasteiger partial charge in [0.1, 0.15) is 0 Å². The lowest BCUT2D eigenvalue weighted by Crippen LogP contribution is -2.25. The van der Waals surface area contributed by atoms with E-state index in [2.05, 4.69) is 0 Å². The molecule has 0 fully saturated rings. The molecule has 3 heteroatoms. The van der Waals surface area contributed by atoms with Crippen LogP contribution in [-0.2, 0) is 10.8 Å². The zero-order valence-corrected chi connectivity index (χ0v) is 10.3. The molecule has 0 bridgehead atoms. The Kier molecular flexibility index (Phi) is 3.73. The third-order valence-corrected chi connectivity index (χ3v) is 4.63. The molecule has 14 heavy (non-hydrogen) atoms. The van der Waals surface area contributed by atoms with Gasteiger partial charge < -0.3 is 0 Å². The molecule has 0 spiro atoms. The van der Waals surface area contributed by atoms with Gasteiger partial charge in [-0.25, -0.2) is 0 Å². The predicted molar refractivity (Wildman–Crippen MR) is 62.2 cm³/mol. The van der Waals surface area contributed by atoms with Crippen molar-refractivity contribution in [3.05, 3.63) is 29.3 Å². The van der Waals surface area contributed by atoms with E-state index in [1.165, 1.54) is 0 Å². The fourth-order valence-electron chi connectivity index (χ4n) is 1.01. The van der Waals surface area contributed by atoms with Crippen molar-refractivity contribution in [3.8, 4) is 0 Å². The van der Waals surface area contributed by atoms with E-state index in [9.17, 15) is 4.21 Å². The summed E-state index contributed by atoms with van der Waals surface area (Å²) in [6.45, 7) is 6.07. The van der Waals surface area contributed by atoms with Crippen LogP contribution in [-0.4, -0.2) is 8.96 Å². The average Bonchev–Trinajstić information content (AvgIpc) is 2.18. The Morgan fingerprint density at radius 2 is 1.79 bits per heavy atom. The van der Waals surface area contributed by atoms with E-state index in [1.54, 1.807) is 12.1 Å². The van der Waals surface area contributed by atoms with Crippen molar-refractivity contribution in [1.29, 1.82) is 0 Å². The van der Waals surface area contributed by atoms with Crippen molar-refractivity contribution in [1.82, 2.24) is 0 Å². The summed E-state index contributed by atoms with van der Waals surface area (Å²) in [6, 6.07) is 7.22. The Balaban J connectivity index is 2.96. The molecule has 1 rings (SSSR count). The lowest BCUT2D eigenvalue weighted by molar-refractivity contribution is 0.613. The van der Waals surface area contributed by atoms with Crippen molar-refractivity contribution < 1.29 is 4.21 Å². The zero-order valence-electron chi connectivity index (χ0n) is 8.71. The molecule has 78 valence electrons. The second kappa shape index (κ2) is 4.45. The third-order valence-electron chi connectivity index (χ3n) is 2.38. The molecular formula is C11H15ClOS. The molecule has 0 amide bonds. The quantitative estimate of drug-likeness (QED) is 0.775. The molecule has 0 saturated heterocycles. The highest BCUT2D eigenvalue weighted by atomic mass is 35.5. The van der Waals surface area contributed by atoms with Crippen LogP contribution in [0.3, 0.4) is 0 Å². The Labute approximate surface area is 92.9 Å². The molecule has 1 aromatic carbocycles. The van der Waals surface area contributed by atoms with E-state index in [-0.39, 0.29) is 4.75 Å². The molecular weight excluding hydrogens is 216 g/mol. The van der Waals surface area contributed by atoms with Crippen molar-refractivity contribution >= 4 is 22.4 Å². The highest BCUT2D eigenvalue weighted by molar-refractivity contribution is 7.86. The van der Waals surface area contributed by atoms with Crippen LogP contribution in [0, 0.1) is 0 Å². The predicted octanol–water partition coefficient (Wildman–Crippen LogP) is 3.64. The van der Waals surface area contributed by atoms with Crippen molar-refractivity contribution in [2.24, 2.45) is 0 Å². The van der Waals surface area contributed by atoms with Gasteiger partial charge in [-0.05, 0) is 44.5 Å². The summed E-state index contributed by atoms with van der Waals surface area (Å²) in [4.78, 5) is 0.848. The topological polar surface area (TPSA) is 17.1 Å². The number of benzene rings is 1. The molecule has 0 N–H and O–H groups in total. The van der Waals surface area contributed by atoms with Crippen LogP contribution in [0.4, 0.5) is 0 Å². The normalized spacial score (nSPS) is 14.0. The lowest BCUT2D eigenvalue weighted by Gasteiger charge is -2.21. The summed E-state index contributed by atoms with van der Waals surface area (Å²) in [6.07, 6.45) is 0.891. The van der Waals surface area contributed by atoms with E-state index in [1.807, 2.05) is 32.9 Å². The number of hydrogen-bond acceptors (Lipinski definition) is 1. The van der Waals surface area contributed by atoms with Gasteiger partial charge in [0.15, 0.2) is 0 Å². The molecule has 1 unspecified atom stereocenters. The maximum Gasteiger partial charge on any atom is 0.0586 e. The number of hydrogen-bond donors (Lipinski definition) is 0. The number of rotatable bonds is 3. The lowest BCUT2D eigenvalue weighted by atomic mass is 10.1. The standard InChI is InChI=1S/C11H15ClOS/c1-4-11(2,3)14(13)10-7-5-9(12)6-8-10/h5-8H,4H2,1-3H3. The van der Waals surface area contributed by atoms with Crippen LogP contribution in [0.5, 0.6) is 0 Å². The van der Waals surface area contributed by atoms with Gasteiger partial charge in [0.05, 0.1) is 10.8 Å². The highest BCUT2D eigenvalue weighted by Gasteiger charge is 2.24. The molecule has 0 aliphatic rings. The monoisotopic (exact) mass is 230 g/mol. The van der Waals surface area contributed by atoms with Gasteiger partial charge in [-0.2, -0.15) is 0 Å². The minimum Gasteiger partial charge on any atom is -0.254 e. The van der Waals surface area contributed by atoms with E-state index >= 15 is 0 Å². The summed E-state index contributed by atoms with van der Waals surface area (Å²) in [5, 5.41) is 0.681. The Bertz CT molecular complexity index is 330. The first-order chi connectivity index (χ1) is 6.47. The molecule has 0 aliphatic heterocycles. The maximum absolute atomic E-state index is 12.1. The van der Waals surface area contributed by atoms with Crippen molar-refractivity contribution in [2.45, 2.75) is 36.8 Å². The zero-order chi connectivity index (χ0) is 10.8. The summed E-state index contributed by atoms with van der Waals surface area (Å²) in [5.74, 6) is 0. The summed E-state index contributed by atoms with van der Waals surface area (Å²) < 4.78 is 11.9. The van der Waals surface area contributed by atoms with Gasteiger partial charge in [-0.3, -0.25) is 4.21 Å².